The Hall–Kier alpha value is -5.61. The molecule has 234 valence electrons. The number of nitrogens with zero attached hydrogens (tertiary/aromatic N) is 3. The summed E-state index contributed by atoms with van der Waals surface area (Å²) in [6, 6.07) is 29.9. The summed E-state index contributed by atoms with van der Waals surface area (Å²) >= 11 is 0. The Balaban J connectivity index is 1.56. The highest BCUT2D eigenvalue weighted by atomic mass is 16.6. The van der Waals surface area contributed by atoms with Crippen LogP contribution in [0.15, 0.2) is 114 Å². The molecule has 0 fully saturated rings. The fourth-order valence-corrected chi connectivity index (χ4v) is 8.37. The first-order valence-electron chi connectivity index (χ1n) is 15.5. The van der Waals surface area contributed by atoms with E-state index in [0.717, 1.165) is 5.56 Å². The molecule has 1 aliphatic heterocycles. The normalized spacial score (nSPS) is 24.2. The Bertz CT molecular complexity index is 2060. The number of furan rings is 1. The van der Waals surface area contributed by atoms with Crippen LogP contribution in [0.1, 0.15) is 52.3 Å². The van der Waals surface area contributed by atoms with Crippen LogP contribution in [0.25, 0.3) is 11.3 Å². The number of aliphatic hydroxyl groups is 1. The lowest BCUT2D eigenvalue weighted by Gasteiger charge is -2.49. The molecule has 0 unspecified atom stereocenters. The number of fused-ring (bicyclic) bond motifs is 3. The molecular formula is C37H29N3O7. The van der Waals surface area contributed by atoms with E-state index in [9.17, 15) is 25.3 Å². The number of aryl methyl sites for hydroxylation is 1. The summed E-state index contributed by atoms with van der Waals surface area (Å²) in [6.07, 6.45) is 0.951. The highest BCUT2D eigenvalue weighted by molar-refractivity contribution is 6.13. The van der Waals surface area contributed by atoms with E-state index in [0.29, 0.717) is 46.7 Å². The Morgan fingerprint density at radius 2 is 1.53 bits per heavy atom. The van der Waals surface area contributed by atoms with Gasteiger partial charge in [-0.3, -0.25) is 25.0 Å². The number of anilines is 1. The minimum atomic E-state index is -1.97. The average molecular weight is 628 g/mol. The molecule has 5 aromatic rings. The van der Waals surface area contributed by atoms with E-state index in [1.165, 1.54) is 12.1 Å². The molecule has 1 N–H and O–H groups in total. The number of hydrogen-bond acceptors (Lipinski definition) is 7. The molecule has 4 aromatic carbocycles. The van der Waals surface area contributed by atoms with E-state index < -0.39 is 38.7 Å². The first-order valence-corrected chi connectivity index (χ1v) is 15.5. The van der Waals surface area contributed by atoms with E-state index in [4.69, 9.17) is 4.42 Å². The number of benzene rings is 4. The number of rotatable bonds is 6. The number of hydrogen-bond donors (Lipinski definition) is 1. The Labute approximate surface area is 269 Å². The summed E-state index contributed by atoms with van der Waals surface area (Å²) in [6.45, 7) is 0.127. The Morgan fingerprint density at radius 1 is 0.872 bits per heavy atom. The van der Waals surface area contributed by atoms with Crippen molar-refractivity contribution in [3.63, 3.8) is 0 Å². The van der Waals surface area contributed by atoms with Gasteiger partial charge in [0.25, 0.3) is 11.7 Å². The van der Waals surface area contributed by atoms with Gasteiger partial charge in [0, 0.05) is 51.4 Å². The van der Waals surface area contributed by atoms with E-state index in [-0.39, 0.29) is 29.8 Å². The average Bonchev–Trinajstić information content (AvgIpc) is 3.59. The fraction of sp³-hybridized carbons (Fsp3) is 0.216. The summed E-state index contributed by atoms with van der Waals surface area (Å²) in [4.78, 5) is 41.9. The van der Waals surface area contributed by atoms with Gasteiger partial charge in [-0.25, -0.2) is 0 Å². The predicted molar refractivity (Wildman–Crippen MR) is 172 cm³/mol. The zero-order valence-corrected chi connectivity index (χ0v) is 25.1. The first-order chi connectivity index (χ1) is 22.8. The SMILES string of the molecule is O=C1N(Cc2ccccc2)c2ccc([N+](=O)[O-])cc2[C@@]12c1c(-c3ccccc3)oc3c1[C@@](O)(CCC3)[C@H]([N+](=O)[O-])[C@H]2c1ccccc1. The third-order valence-electron chi connectivity index (χ3n) is 10.1. The second kappa shape index (κ2) is 10.5. The van der Waals surface area contributed by atoms with Gasteiger partial charge in [-0.2, -0.15) is 0 Å². The second-order valence-electron chi connectivity index (χ2n) is 12.5. The Morgan fingerprint density at radius 3 is 2.19 bits per heavy atom. The maximum atomic E-state index is 15.7. The first kappa shape index (κ1) is 28.8. The maximum Gasteiger partial charge on any atom is 0.269 e. The van der Waals surface area contributed by atoms with Crippen molar-refractivity contribution in [2.24, 2.45) is 0 Å². The molecule has 0 saturated carbocycles. The number of carbonyl (C=O) groups excluding carboxylic acids is 1. The lowest BCUT2D eigenvalue weighted by molar-refractivity contribution is -0.556. The molecule has 10 nitrogen and oxygen atoms in total. The summed E-state index contributed by atoms with van der Waals surface area (Å²) in [5.74, 6) is -1.00. The minimum Gasteiger partial charge on any atom is -0.460 e. The monoisotopic (exact) mass is 627 g/mol. The van der Waals surface area contributed by atoms with Crippen molar-refractivity contribution in [3.05, 3.63) is 163 Å². The maximum absolute atomic E-state index is 15.7. The quantitative estimate of drug-likeness (QED) is 0.164. The molecular weight excluding hydrogens is 598 g/mol. The fourth-order valence-electron chi connectivity index (χ4n) is 8.37. The number of nitro benzene ring substituents is 1. The van der Waals surface area contributed by atoms with Crippen molar-refractivity contribution < 1.29 is 24.2 Å². The molecule has 47 heavy (non-hydrogen) atoms. The van der Waals surface area contributed by atoms with Crippen molar-refractivity contribution in [1.29, 1.82) is 0 Å². The second-order valence-corrected chi connectivity index (χ2v) is 12.5. The van der Waals surface area contributed by atoms with Crippen LogP contribution in [0.4, 0.5) is 11.4 Å². The zero-order chi connectivity index (χ0) is 32.5. The molecule has 2 aliphatic carbocycles. The van der Waals surface area contributed by atoms with Gasteiger partial charge in [0.1, 0.15) is 16.9 Å². The van der Waals surface area contributed by atoms with Gasteiger partial charge < -0.3 is 14.4 Å². The van der Waals surface area contributed by atoms with Crippen molar-refractivity contribution in [3.8, 4) is 11.3 Å². The van der Waals surface area contributed by atoms with Gasteiger partial charge in [-0.1, -0.05) is 91.0 Å². The zero-order valence-electron chi connectivity index (χ0n) is 25.1. The molecule has 8 rings (SSSR count). The van der Waals surface area contributed by atoms with Crippen LogP contribution in [-0.2, 0) is 28.8 Å². The van der Waals surface area contributed by atoms with Crippen LogP contribution in [0.3, 0.4) is 0 Å². The molecule has 0 radical (unpaired) electrons. The largest absolute Gasteiger partial charge is 0.460 e. The van der Waals surface area contributed by atoms with E-state index in [1.807, 2.05) is 60.7 Å². The van der Waals surface area contributed by atoms with E-state index in [2.05, 4.69) is 0 Å². The van der Waals surface area contributed by atoms with Crippen LogP contribution in [-0.4, -0.2) is 26.9 Å². The molecule has 3 aliphatic rings. The molecule has 0 bridgehead atoms. The van der Waals surface area contributed by atoms with Gasteiger partial charge >= 0.3 is 0 Å². The van der Waals surface area contributed by atoms with Crippen LogP contribution in [0.2, 0.25) is 0 Å². The Kier molecular flexibility index (Phi) is 6.42. The molecule has 0 saturated heterocycles. The van der Waals surface area contributed by atoms with E-state index in [1.54, 1.807) is 41.3 Å². The highest BCUT2D eigenvalue weighted by Gasteiger charge is 2.73. The molecule has 1 aromatic heterocycles. The standard InChI is InChI=1S/C37H29N3O7/c41-35-37(27-21-26(39(43)44)18-19-28(27)38(35)22-23-11-4-1-5-12-23)30(24-13-6-2-7-14-24)34(40(45)46)36(42)20-10-17-29-31(36)32(37)33(47-29)25-15-8-3-9-16-25/h1-9,11-16,18-19,21,30,34,42H,10,17,20,22H2/t30-,34-,36+,37-/m1/s1. The summed E-state index contributed by atoms with van der Waals surface area (Å²) < 4.78 is 6.60. The topological polar surface area (TPSA) is 140 Å². The molecule has 1 amide bonds. The summed E-state index contributed by atoms with van der Waals surface area (Å²) in [7, 11) is 0. The molecule has 2 heterocycles. The third-order valence-corrected chi connectivity index (χ3v) is 10.1. The van der Waals surface area contributed by atoms with Gasteiger partial charge in [0.05, 0.1) is 17.4 Å². The molecule has 4 atom stereocenters. The van der Waals surface area contributed by atoms with Crippen LogP contribution >= 0.6 is 0 Å². The summed E-state index contributed by atoms with van der Waals surface area (Å²) in [5, 5.41) is 38.4. The van der Waals surface area contributed by atoms with Gasteiger partial charge in [-0.15, -0.1) is 0 Å². The van der Waals surface area contributed by atoms with E-state index >= 15 is 4.79 Å². The minimum absolute atomic E-state index is 0.0928. The van der Waals surface area contributed by atoms with Gasteiger partial charge in [0.15, 0.2) is 5.60 Å². The lowest BCUT2D eigenvalue weighted by Crippen LogP contribution is -2.62. The lowest BCUT2D eigenvalue weighted by atomic mass is 9.51. The van der Waals surface area contributed by atoms with Crippen molar-refractivity contribution in [2.45, 2.75) is 48.8 Å². The number of non-ortho nitro benzene ring substituents is 1. The number of amides is 1. The van der Waals surface area contributed by atoms with Crippen LogP contribution in [0.5, 0.6) is 0 Å². The van der Waals surface area contributed by atoms with Crippen LogP contribution in [0, 0.1) is 20.2 Å². The van der Waals surface area contributed by atoms with Crippen molar-refractivity contribution >= 4 is 17.3 Å². The van der Waals surface area contributed by atoms with Crippen molar-refractivity contribution in [2.75, 3.05) is 4.90 Å². The van der Waals surface area contributed by atoms with Gasteiger partial charge in [0.2, 0.25) is 5.91 Å². The van der Waals surface area contributed by atoms with Gasteiger partial charge in [-0.05, 0) is 30.0 Å². The summed E-state index contributed by atoms with van der Waals surface area (Å²) in [5.41, 5.74) is -0.873. The number of carbonyl (C=O) groups is 1. The predicted octanol–water partition coefficient (Wildman–Crippen LogP) is 6.65. The molecule has 1 spiro atoms. The molecule has 10 heteroatoms. The van der Waals surface area contributed by atoms with Crippen molar-refractivity contribution in [1.82, 2.24) is 0 Å². The smallest absolute Gasteiger partial charge is 0.269 e. The number of nitro groups is 2. The third kappa shape index (κ3) is 3.97. The van der Waals surface area contributed by atoms with Crippen LogP contribution < -0.4 is 4.90 Å². The highest BCUT2D eigenvalue weighted by Crippen LogP contribution is 2.66.